The molecule has 1 aromatic rings. The van der Waals surface area contributed by atoms with Crippen LogP contribution in [0.1, 0.15) is 23.0 Å². The van der Waals surface area contributed by atoms with E-state index >= 15 is 0 Å². The largest absolute Gasteiger partial charge is 0.477 e. The number of aromatic nitrogens is 1. The molecule has 0 atom stereocenters. The first kappa shape index (κ1) is 7.59. The van der Waals surface area contributed by atoms with Crippen LogP contribution in [-0.4, -0.2) is 16.2 Å². The third-order valence-electron chi connectivity index (χ3n) is 1.31. The summed E-state index contributed by atoms with van der Waals surface area (Å²) in [5, 5.41) is 10.4. The molecule has 0 saturated heterocycles. The summed E-state index contributed by atoms with van der Waals surface area (Å²) in [5.74, 6) is -1.07. The lowest BCUT2D eigenvalue weighted by molar-refractivity contribution is 0.0693. The fraction of sp³-hybridized carbons (Fsp3) is 0.333. The van der Waals surface area contributed by atoms with Crippen LogP contribution in [0.5, 0.6) is 0 Å². The molecule has 11 heavy (non-hydrogen) atoms. The number of carbonyl (C=O) groups is 1. The van der Waals surface area contributed by atoms with Crippen LogP contribution in [-0.2, 0) is 6.42 Å². The van der Waals surface area contributed by atoms with Crippen molar-refractivity contribution in [1.82, 2.24) is 5.16 Å². The number of aryl methyl sites for hydroxylation is 1. The number of carboxylic acid groups (broad SMARTS) is 1. The molecule has 0 radical (unpaired) electrons. The summed E-state index contributed by atoms with van der Waals surface area (Å²) >= 11 is 0. The standard InChI is InChI=1S/C6H7NO4/c1-2-3-4(6(9)10)5(8)7-11-3/h2H2,1H3,(H,7,8)(H,9,10). The predicted molar refractivity (Wildman–Crippen MR) is 35.7 cm³/mol. The minimum absolute atomic E-state index is 0.183. The van der Waals surface area contributed by atoms with Gasteiger partial charge in [-0.3, -0.25) is 4.79 Å². The van der Waals surface area contributed by atoms with E-state index in [4.69, 9.17) is 5.11 Å². The van der Waals surface area contributed by atoms with Crippen LogP contribution in [0.4, 0.5) is 0 Å². The number of rotatable bonds is 2. The maximum absolute atomic E-state index is 10.7. The molecule has 0 aliphatic heterocycles. The number of carboxylic acids is 1. The third-order valence-corrected chi connectivity index (χ3v) is 1.31. The number of nitrogens with one attached hydrogen (secondary N) is 1. The molecule has 0 aromatic carbocycles. The molecule has 0 unspecified atom stereocenters. The maximum Gasteiger partial charge on any atom is 0.345 e. The van der Waals surface area contributed by atoms with E-state index in [0.717, 1.165) is 0 Å². The topological polar surface area (TPSA) is 83.3 Å². The number of aromatic amines is 1. The fourth-order valence-electron chi connectivity index (χ4n) is 0.802. The average Bonchev–Trinajstić information content (AvgIpc) is 2.30. The second-order valence-electron chi connectivity index (χ2n) is 1.99. The van der Waals surface area contributed by atoms with Crippen molar-refractivity contribution in [1.29, 1.82) is 0 Å². The molecule has 0 fully saturated rings. The first-order chi connectivity index (χ1) is 5.16. The van der Waals surface area contributed by atoms with Gasteiger partial charge in [0.15, 0.2) is 11.3 Å². The zero-order valence-corrected chi connectivity index (χ0v) is 5.88. The summed E-state index contributed by atoms with van der Waals surface area (Å²) in [4.78, 5) is 21.1. The van der Waals surface area contributed by atoms with E-state index in [0.29, 0.717) is 6.42 Å². The molecule has 1 heterocycles. The van der Waals surface area contributed by atoms with Crippen molar-refractivity contribution in [2.75, 3.05) is 0 Å². The van der Waals surface area contributed by atoms with Crippen LogP contribution in [0.25, 0.3) is 0 Å². The zero-order chi connectivity index (χ0) is 8.43. The Morgan fingerprint density at radius 2 is 2.36 bits per heavy atom. The second kappa shape index (κ2) is 2.61. The lowest BCUT2D eigenvalue weighted by Gasteiger charge is -1.87. The molecule has 0 bridgehead atoms. The lowest BCUT2D eigenvalue weighted by Crippen LogP contribution is -2.12. The van der Waals surface area contributed by atoms with Gasteiger partial charge in [0.2, 0.25) is 0 Å². The van der Waals surface area contributed by atoms with Crippen molar-refractivity contribution in [3.05, 3.63) is 21.7 Å². The molecule has 0 saturated carbocycles. The Morgan fingerprint density at radius 1 is 1.73 bits per heavy atom. The predicted octanol–water partition coefficient (Wildman–Crippen LogP) is 0.229. The van der Waals surface area contributed by atoms with Gasteiger partial charge in [0.25, 0.3) is 5.56 Å². The van der Waals surface area contributed by atoms with Crippen molar-refractivity contribution in [3.63, 3.8) is 0 Å². The van der Waals surface area contributed by atoms with Crippen molar-refractivity contribution in [2.45, 2.75) is 13.3 Å². The van der Waals surface area contributed by atoms with Gasteiger partial charge in [-0.15, -0.1) is 0 Å². The number of hydrogen-bond acceptors (Lipinski definition) is 3. The zero-order valence-electron chi connectivity index (χ0n) is 5.88. The fourth-order valence-corrected chi connectivity index (χ4v) is 0.802. The van der Waals surface area contributed by atoms with E-state index in [2.05, 4.69) is 4.52 Å². The van der Waals surface area contributed by atoms with Crippen LogP contribution in [0.3, 0.4) is 0 Å². The van der Waals surface area contributed by atoms with Gasteiger partial charge in [-0.25, -0.2) is 4.79 Å². The Balaban J connectivity index is 3.29. The summed E-state index contributed by atoms with van der Waals surface area (Å²) < 4.78 is 4.59. The van der Waals surface area contributed by atoms with Crippen molar-refractivity contribution < 1.29 is 14.4 Å². The normalized spacial score (nSPS) is 9.91. The Kier molecular flexibility index (Phi) is 1.80. The molecular formula is C6H7NO4. The maximum atomic E-state index is 10.7. The first-order valence-corrected chi connectivity index (χ1v) is 3.10. The molecule has 0 aliphatic carbocycles. The van der Waals surface area contributed by atoms with Gasteiger partial charge in [0.05, 0.1) is 0 Å². The number of H-pyrrole nitrogens is 1. The number of aromatic carboxylic acids is 1. The molecule has 0 aliphatic rings. The van der Waals surface area contributed by atoms with Crippen molar-refractivity contribution in [3.8, 4) is 0 Å². The molecule has 2 N–H and O–H groups in total. The third kappa shape index (κ3) is 1.17. The van der Waals surface area contributed by atoms with Gasteiger partial charge in [-0.1, -0.05) is 6.92 Å². The monoisotopic (exact) mass is 157 g/mol. The van der Waals surface area contributed by atoms with E-state index in [1.165, 1.54) is 0 Å². The summed E-state index contributed by atoms with van der Waals surface area (Å²) in [5.41, 5.74) is -0.984. The van der Waals surface area contributed by atoms with E-state index in [-0.39, 0.29) is 11.3 Å². The van der Waals surface area contributed by atoms with Gasteiger partial charge in [0.1, 0.15) is 0 Å². The summed E-state index contributed by atoms with van der Waals surface area (Å²) in [6.45, 7) is 1.71. The summed E-state index contributed by atoms with van der Waals surface area (Å²) in [7, 11) is 0. The molecule has 1 rings (SSSR count). The molecule has 0 spiro atoms. The average molecular weight is 157 g/mol. The lowest BCUT2D eigenvalue weighted by atomic mass is 10.2. The summed E-state index contributed by atoms with van der Waals surface area (Å²) in [6, 6.07) is 0. The number of hydrogen-bond donors (Lipinski definition) is 2. The molecule has 0 amide bonds. The quantitative estimate of drug-likeness (QED) is 0.643. The van der Waals surface area contributed by atoms with E-state index in [1.807, 2.05) is 5.16 Å². The van der Waals surface area contributed by atoms with Crippen LogP contribution >= 0.6 is 0 Å². The van der Waals surface area contributed by atoms with Crippen LogP contribution < -0.4 is 5.56 Å². The molecule has 60 valence electrons. The molecule has 5 nitrogen and oxygen atoms in total. The highest BCUT2D eigenvalue weighted by Crippen LogP contribution is 2.02. The molecule has 1 aromatic heterocycles. The Bertz CT molecular complexity index is 322. The molecule has 5 heteroatoms. The SMILES string of the molecule is CCc1o[nH]c(=O)c1C(=O)O. The van der Waals surface area contributed by atoms with Crippen LogP contribution in [0.2, 0.25) is 0 Å². The molecular weight excluding hydrogens is 150 g/mol. The van der Waals surface area contributed by atoms with Crippen molar-refractivity contribution in [2.24, 2.45) is 0 Å². The highest BCUT2D eigenvalue weighted by molar-refractivity contribution is 5.88. The highest BCUT2D eigenvalue weighted by atomic mass is 16.5. The van der Waals surface area contributed by atoms with Crippen LogP contribution in [0, 0.1) is 0 Å². The highest BCUT2D eigenvalue weighted by Gasteiger charge is 2.17. The van der Waals surface area contributed by atoms with Crippen molar-refractivity contribution >= 4 is 5.97 Å². The second-order valence-corrected chi connectivity index (χ2v) is 1.99. The Labute approximate surface area is 61.6 Å². The van der Waals surface area contributed by atoms with Gasteiger partial charge in [0, 0.05) is 6.42 Å². The van der Waals surface area contributed by atoms with Gasteiger partial charge in [-0.05, 0) is 0 Å². The van der Waals surface area contributed by atoms with Gasteiger partial charge >= 0.3 is 5.97 Å². The van der Waals surface area contributed by atoms with E-state index in [1.54, 1.807) is 6.92 Å². The van der Waals surface area contributed by atoms with E-state index < -0.39 is 11.5 Å². The van der Waals surface area contributed by atoms with Gasteiger partial charge in [-0.2, -0.15) is 5.16 Å². The Morgan fingerprint density at radius 3 is 2.73 bits per heavy atom. The van der Waals surface area contributed by atoms with Crippen LogP contribution in [0.15, 0.2) is 9.32 Å². The van der Waals surface area contributed by atoms with Gasteiger partial charge < -0.3 is 9.63 Å². The van der Waals surface area contributed by atoms with E-state index in [9.17, 15) is 9.59 Å². The minimum Gasteiger partial charge on any atom is -0.477 e. The summed E-state index contributed by atoms with van der Waals surface area (Å²) in [6.07, 6.45) is 0.389. The first-order valence-electron chi connectivity index (χ1n) is 3.10. The smallest absolute Gasteiger partial charge is 0.345 e. The minimum atomic E-state index is -1.25. The Hall–Kier alpha value is -1.52.